The van der Waals surface area contributed by atoms with Crippen molar-refractivity contribution in [1.82, 2.24) is 0 Å². The first kappa shape index (κ1) is 16.1. The van der Waals surface area contributed by atoms with E-state index in [4.69, 9.17) is 0 Å². The molecule has 4 aliphatic rings. The van der Waals surface area contributed by atoms with Crippen molar-refractivity contribution in [3.8, 4) is 0 Å². The van der Waals surface area contributed by atoms with Gasteiger partial charge in [-0.05, 0) is 67.4 Å². The first-order valence-electron chi connectivity index (χ1n) is 9.33. The van der Waals surface area contributed by atoms with Crippen molar-refractivity contribution in [3.05, 3.63) is 29.8 Å². The molecule has 0 radical (unpaired) electrons. The number of amides is 1. The normalized spacial score (nSPS) is 37.5. The molecule has 4 aliphatic carbocycles. The summed E-state index contributed by atoms with van der Waals surface area (Å²) in [6, 6.07) is 8.12. The molecular formula is C21H29NO2. The van der Waals surface area contributed by atoms with Crippen LogP contribution in [0, 0.1) is 17.3 Å². The van der Waals surface area contributed by atoms with Crippen LogP contribution < -0.4 is 5.32 Å². The lowest BCUT2D eigenvalue weighted by molar-refractivity contribution is -0.174. The fourth-order valence-corrected chi connectivity index (χ4v) is 5.98. The number of hydrogen-bond donors (Lipinski definition) is 2. The molecule has 24 heavy (non-hydrogen) atoms. The molecule has 4 bridgehead atoms. The second kappa shape index (κ2) is 5.08. The summed E-state index contributed by atoms with van der Waals surface area (Å²) in [5.41, 5.74) is 1.14. The Labute approximate surface area is 144 Å². The molecule has 0 aliphatic heterocycles. The largest absolute Gasteiger partial charge is 0.390 e. The number of hydrogen-bond acceptors (Lipinski definition) is 2. The summed E-state index contributed by atoms with van der Waals surface area (Å²) in [6.45, 7) is 6.52. The molecule has 1 aromatic rings. The summed E-state index contributed by atoms with van der Waals surface area (Å²) in [7, 11) is 0. The predicted octanol–water partition coefficient (Wildman–Crippen LogP) is 4.25. The monoisotopic (exact) mass is 327 g/mol. The lowest BCUT2D eigenvalue weighted by atomic mass is 9.47. The number of carbonyl (C=O) groups excluding carboxylic acids is 1. The van der Waals surface area contributed by atoms with Gasteiger partial charge in [0.25, 0.3) is 0 Å². The van der Waals surface area contributed by atoms with Crippen LogP contribution in [0.2, 0.25) is 0 Å². The van der Waals surface area contributed by atoms with E-state index in [0.29, 0.717) is 18.3 Å². The van der Waals surface area contributed by atoms with Gasteiger partial charge in [0.15, 0.2) is 0 Å². The summed E-state index contributed by atoms with van der Waals surface area (Å²) in [6.07, 6.45) is 5.56. The van der Waals surface area contributed by atoms with Crippen molar-refractivity contribution in [1.29, 1.82) is 0 Å². The number of nitrogens with one attached hydrogen (secondary N) is 1. The third-order valence-electron chi connectivity index (χ3n) is 6.50. The van der Waals surface area contributed by atoms with Crippen molar-refractivity contribution < 1.29 is 9.90 Å². The molecule has 2 N–H and O–H groups in total. The fraction of sp³-hybridized carbons (Fsp3) is 0.667. The van der Waals surface area contributed by atoms with Gasteiger partial charge in [-0.3, -0.25) is 4.79 Å². The van der Waals surface area contributed by atoms with E-state index in [9.17, 15) is 9.90 Å². The topological polar surface area (TPSA) is 49.3 Å². The van der Waals surface area contributed by atoms with E-state index in [-0.39, 0.29) is 16.7 Å². The van der Waals surface area contributed by atoms with E-state index in [1.165, 1.54) is 12.0 Å². The molecular weight excluding hydrogens is 298 g/mol. The minimum Gasteiger partial charge on any atom is -0.390 e. The van der Waals surface area contributed by atoms with Crippen LogP contribution in [0.5, 0.6) is 0 Å². The molecule has 0 saturated heterocycles. The number of para-hydroxylation sites is 1. The Balaban J connectivity index is 1.62. The lowest BCUT2D eigenvalue weighted by Gasteiger charge is -2.59. The average molecular weight is 327 g/mol. The second-order valence-electron chi connectivity index (χ2n) is 9.72. The quantitative estimate of drug-likeness (QED) is 0.853. The summed E-state index contributed by atoms with van der Waals surface area (Å²) < 4.78 is 0. The van der Waals surface area contributed by atoms with Gasteiger partial charge in [0.1, 0.15) is 0 Å². The maximum atomic E-state index is 13.3. The van der Waals surface area contributed by atoms with Crippen LogP contribution in [0.15, 0.2) is 24.3 Å². The molecule has 1 amide bonds. The van der Waals surface area contributed by atoms with Crippen LogP contribution >= 0.6 is 0 Å². The zero-order valence-corrected chi connectivity index (χ0v) is 15.1. The zero-order valence-electron chi connectivity index (χ0n) is 15.1. The Morgan fingerprint density at radius 3 is 2.33 bits per heavy atom. The van der Waals surface area contributed by atoms with Crippen LogP contribution in [-0.4, -0.2) is 16.6 Å². The van der Waals surface area contributed by atoms with Crippen LogP contribution in [-0.2, 0) is 10.2 Å². The highest BCUT2D eigenvalue weighted by molar-refractivity contribution is 5.96. The van der Waals surface area contributed by atoms with Gasteiger partial charge in [-0.2, -0.15) is 0 Å². The van der Waals surface area contributed by atoms with Crippen molar-refractivity contribution in [3.63, 3.8) is 0 Å². The molecule has 0 heterocycles. The Morgan fingerprint density at radius 2 is 1.75 bits per heavy atom. The molecule has 2 unspecified atom stereocenters. The van der Waals surface area contributed by atoms with Gasteiger partial charge >= 0.3 is 0 Å². The van der Waals surface area contributed by atoms with Crippen molar-refractivity contribution >= 4 is 11.6 Å². The molecule has 1 aromatic carbocycles. The number of aliphatic hydroxyl groups is 1. The van der Waals surface area contributed by atoms with Gasteiger partial charge in [0, 0.05) is 5.69 Å². The number of benzene rings is 1. The number of rotatable bonds is 2. The summed E-state index contributed by atoms with van der Waals surface area (Å²) in [5.74, 6) is 1.19. The lowest BCUT2D eigenvalue weighted by Crippen LogP contribution is -2.59. The first-order chi connectivity index (χ1) is 11.2. The van der Waals surface area contributed by atoms with Crippen molar-refractivity contribution in [2.45, 2.75) is 70.3 Å². The second-order valence-corrected chi connectivity index (χ2v) is 9.72. The minimum atomic E-state index is -0.592. The van der Waals surface area contributed by atoms with E-state index in [2.05, 4.69) is 32.2 Å². The number of carbonyl (C=O) groups is 1. The first-order valence-corrected chi connectivity index (χ1v) is 9.33. The van der Waals surface area contributed by atoms with Crippen molar-refractivity contribution in [2.24, 2.45) is 17.3 Å². The van der Waals surface area contributed by atoms with E-state index in [0.717, 1.165) is 31.4 Å². The smallest absolute Gasteiger partial charge is 0.230 e. The highest BCUT2D eigenvalue weighted by Gasteiger charge is 2.60. The Kier molecular flexibility index (Phi) is 3.41. The third-order valence-corrected chi connectivity index (χ3v) is 6.50. The van der Waals surface area contributed by atoms with Gasteiger partial charge in [-0.25, -0.2) is 0 Å². The van der Waals surface area contributed by atoms with Gasteiger partial charge in [-0.15, -0.1) is 0 Å². The molecule has 0 spiro atoms. The van der Waals surface area contributed by atoms with E-state index >= 15 is 0 Å². The summed E-state index contributed by atoms with van der Waals surface area (Å²) in [5, 5.41) is 14.1. The third kappa shape index (κ3) is 2.57. The Bertz CT molecular complexity index is 659. The molecule has 4 saturated carbocycles. The fourth-order valence-electron chi connectivity index (χ4n) is 5.98. The highest BCUT2D eigenvalue weighted by Crippen LogP contribution is 2.61. The molecule has 0 aromatic heterocycles. The molecule has 3 nitrogen and oxygen atoms in total. The van der Waals surface area contributed by atoms with E-state index < -0.39 is 5.60 Å². The summed E-state index contributed by atoms with van der Waals surface area (Å²) in [4.78, 5) is 13.3. The van der Waals surface area contributed by atoms with Gasteiger partial charge in [0.05, 0.1) is 11.0 Å². The van der Waals surface area contributed by atoms with E-state index in [1.807, 2.05) is 18.2 Å². The maximum Gasteiger partial charge on any atom is 0.230 e. The SMILES string of the molecule is CC(C)(C)c1ccccc1NC(=O)C12C[C@@H]3C[C@@H](CC(O)(C3)C1)C2. The van der Waals surface area contributed by atoms with Crippen molar-refractivity contribution in [2.75, 3.05) is 5.32 Å². The van der Waals surface area contributed by atoms with Crippen LogP contribution in [0.4, 0.5) is 5.69 Å². The number of anilines is 1. The molecule has 4 atom stereocenters. The standard InChI is InChI=1S/C21H29NO2/c1-19(2,3)16-6-4-5-7-17(16)22-18(23)20-9-14-8-15(10-20)12-21(24,11-14)13-20/h4-7,14-15,24H,8-13H2,1-3H3,(H,22,23)/t14-,15+,20?,21?. The van der Waals surface area contributed by atoms with Crippen LogP contribution in [0.25, 0.3) is 0 Å². The van der Waals surface area contributed by atoms with Crippen LogP contribution in [0.1, 0.15) is 64.9 Å². The average Bonchev–Trinajstić information content (AvgIpc) is 2.44. The van der Waals surface area contributed by atoms with Gasteiger partial charge in [-0.1, -0.05) is 39.0 Å². The molecule has 130 valence electrons. The Hall–Kier alpha value is -1.35. The van der Waals surface area contributed by atoms with E-state index in [1.54, 1.807) is 0 Å². The highest BCUT2D eigenvalue weighted by atomic mass is 16.3. The zero-order chi connectivity index (χ0) is 17.2. The predicted molar refractivity (Wildman–Crippen MR) is 95.8 cm³/mol. The Morgan fingerprint density at radius 1 is 1.12 bits per heavy atom. The minimum absolute atomic E-state index is 0.0104. The van der Waals surface area contributed by atoms with Crippen LogP contribution in [0.3, 0.4) is 0 Å². The molecule has 5 rings (SSSR count). The molecule has 3 heteroatoms. The molecule has 4 fully saturated rings. The van der Waals surface area contributed by atoms with Gasteiger partial charge < -0.3 is 10.4 Å². The maximum absolute atomic E-state index is 13.3. The summed E-state index contributed by atoms with van der Waals surface area (Å²) >= 11 is 0. The van der Waals surface area contributed by atoms with Gasteiger partial charge in [0.2, 0.25) is 5.91 Å².